The number of carbonyl (C=O) groups is 1. The van der Waals surface area contributed by atoms with Gasteiger partial charge in [0.2, 0.25) is 5.91 Å². The first-order chi connectivity index (χ1) is 9.66. The molecule has 0 aromatic heterocycles. The van der Waals surface area contributed by atoms with Crippen LogP contribution in [-0.4, -0.2) is 26.0 Å². The largest absolute Gasteiger partial charge is 0.354 e. The number of benzene rings is 1. The lowest BCUT2D eigenvalue weighted by Crippen LogP contribution is -2.44. The van der Waals surface area contributed by atoms with Gasteiger partial charge in [0, 0.05) is 17.0 Å². The Kier molecular flexibility index (Phi) is 5.44. The van der Waals surface area contributed by atoms with E-state index in [1.807, 2.05) is 12.1 Å². The summed E-state index contributed by atoms with van der Waals surface area (Å²) in [6.07, 6.45) is 6.01. The molecule has 0 spiro atoms. The molecule has 0 heterocycles. The Morgan fingerprint density at radius 1 is 1.20 bits per heavy atom. The van der Waals surface area contributed by atoms with Crippen molar-refractivity contribution in [1.29, 1.82) is 0 Å². The van der Waals surface area contributed by atoms with E-state index in [1.165, 1.54) is 24.8 Å². The molecule has 1 fully saturated rings. The molecule has 0 aliphatic heterocycles. The summed E-state index contributed by atoms with van der Waals surface area (Å²) in [6, 6.07) is 8.11. The van der Waals surface area contributed by atoms with E-state index in [-0.39, 0.29) is 11.3 Å². The predicted molar refractivity (Wildman–Crippen MR) is 83.2 cm³/mol. The van der Waals surface area contributed by atoms with Gasteiger partial charge < -0.3 is 10.6 Å². The molecule has 0 bridgehead atoms. The van der Waals surface area contributed by atoms with Gasteiger partial charge in [-0.3, -0.25) is 4.79 Å². The summed E-state index contributed by atoms with van der Waals surface area (Å²) in [4.78, 5) is 11.7. The van der Waals surface area contributed by atoms with Crippen LogP contribution in [0.15, 0.2) is 24.3 Å². The number of amides is 1. The molecule has 20 heavy (non-hydrogen) atoms. The van der Waals surface area contributed by atoms with Gasteiger partial charge in [0.1, 0.15) is 0 Å². The smallest absolute Gasteiger partial charge is 0.233 e. The van der Waals surface area contributed by atoms with E-state index in [1.54, 1.807) is 7.05 Å². The van der Waals surface area contributed by atoms with Crippen molar-refractivity contribution < 1.29 is 4.79 Å². The summed E-state index contributed by atoms with van der Waals surface area (Å²) in [5, 5.41) is 6.72. The Bertz CT molecular complexity index is 438. The van der Waals surface area contributed by atoms with Crippen LogP contribution in [0.4, 0.5) is 0 Å². The first-order valence-corrected chi connectivity index (χ1v) is 7.71. The second-order valence-corrected chi connectivity index (χ2v) is 6.09. The minimum absolute atomic E-state index is 0.0615. The maximum absolute atomic E-state index is 11.7. The Balaban J connectivity index is 2.12. The van der Waals surface area contributed by atoms with Crippen LogP contribution < -0.4 is 10.6 Å². The fourth-order valence-corrected chi connectivity index (χ4v) is 3.22. The Labute approximate surface area is 126 Å². The fraction of sp³-hybridized carbons (Fsp3) is 0.562. The average molecular weight is 295 g/mol. The number of carbonyl (C=O) groups excluding carboxylic acids is 1. The van der Waals surface area contributed by atoms with Crippen molar-refractivity contribution in [3.63, 3.8) is 0 Å². The number of hydrogen-bond acceptors (Lipinski definition) is 2. The third kappa shape index (κ3) is 3.74. The Morgan fingerprint density at radius 2 is 1.85 bits per heavy atom. The van der Waals surface area contributed by atoms with Gasteiger partial charge in [-0.05, 0) is 37.6 Å². The van der Waals surface area contributed by atoms with E-state index in [4.69, 9.17) is 11.6 Å². The molecule has 1 aromatic rings. The lowest BCUT2D eigenvalue weighted by atomic mass is 9.69. The Hall–Kier alpha value is -1.06. The molecule has 110 valence electrons. The van der Waals surface area contributed by atoms with Crippen LogP contribution in [0.25, 0.3) is 0 Å². The van der Waals surface area contributed by atoms with Gasteiger partial charge in [-0.15, -0.1) is 0 Å². The van der Waals surface area contributed by atoms with Gasteiger partial charge in [0.25, 0.3) is 0 Å². The second-order valence-electron chi connectivity index (χ2n) is 5.65. The van der Waals surface area contributed by atoms with Gasteiger partial charge in [0.05, 0.1) is 6.54 Å². The SMILES string of the molecule is CNCC(=O)NCC1(c2ccc(Cl)cc2)CCCCC1. The molecule has 0 atom stereocenters. The fourth-order valence-electron chi connectivity index (χ4n) is 3.09. The highest BCUT2D eigenvalue weighted by Crippen LogP contribution is 2.39. The number of nitrogens with one attached hydrogen (secondary N) is 2. The van der Waals surface area contributed by atoms with Crippen LogP contribution in [0.2, 0.25) is 5.02 Å². The highest BCUT2D eigenvalue weighted by Gasteiger charge is 2.34. The molecule has 4 heteroatoms. The highest BCUT2D eigenvalue weighted by atomic mass is 35.5. The predicted octanol–water partition coefficient (Wildman–Crippen LogP) is 2.88. The molecule has 2 N–H and O–H groups in total. The van der Waals surface area contributed by atoms with Crippen molar-refractivity contribution in [2.75, 3.05) is 20.1 Å². The van der Waals surface area contributed by atoms with Crippen LogP contribution in [0, 0.1) is 0 Å². The van der Waals surface area contributed by atoms with E-state index in [0.717, 1.165) is 24.4 Å². The van der Waals surface area contributed by atoms with Gasteiger partial charge in [-0.25, -0.2) is 0 Å². The number of hydrogen-bond donors (Lipinski definition) is 2. The molecule has 1 aromatic carbocycles. The van der Waals surface area contributed by atoms with Crippen molar-refractivity contribution in [2.45, 2.75) is 37.5 Å². The second kappa shape index (κ2) is 7.09. The molecular formula is C16H23ClN2O. The highest BCUT2D eigenvalue weighted by molar-refractivity contribution is 6.30. The first-order valence-electron chi connectivity index (χ1n) is 7.34. The first kappa shape index (κ1) is 15.3. The van der Waals surface area contributed by atoms with E-state index >= 15 is 0 Å². The van der Waals surface area contributed by atoms with Gasteiger partial charge in [-0.1, -0.05) is 43.0 Å². The van der Waals surface area contributed by atoms with Gasteiger partial charge >= 0.3 is 0 Å². The standard InChI is InChI=1S/C16H23ClN2O/c1-18-11-15(20)19-12-16(9-3-2-4-10-16)13-5-7-14(17)8-6-13/h5-8,18H,2-4,9-12H2,1H3,(H,19,20). The molecule has 3 nitrogen and oxygen atoms in total. The molecule has 0 radical (unpaired) electrons. The van der Waals surface area contributed by atoms with E-state index in [9.17, 15) is 4.79 Å². The number of likely N-dealkylation sites (N-methyl/N-ethyl adjacent to an activating group) is 1. The van der Waals surface area contributed by atoms with Crippen LogP contribution in [0.5, 0.6) is 0 Å². The average Bonchev–Trinajstić information content (AvgIpc) is 2.47. The molecule has 1 aliphatic carbocycles. The quantitative estimate of drug-likeness (QED) is 0.877. The van der Waals surface area contributed by atoms with Crippen LogP contribution in [-0.2, 0) is 10.2 Å². The molecule has 0 unspecified atom stereocenters. The van der Waals surface area contributed by atoms with E-state index in [0.29, 0.717) is 6.54 Å². The zero-order chi connectivity index (χ0) is 14.4. The summed E-state index contributed by atoms with van der Waals surface area (Å²) in [7, 11) is 1.79. The zero-order valence-corrected chi connectivity index (χ0v) is 12.8. The lowest BCUT2D eigenvalue weighted by molar-refractivity contribution is -0.120. The topological polar surface area (TPSA) is 41.1 Å². The van der Waals surface area contributed by atoms with Crippen molar-refractivity contribution in [3.05, 3.63) is 34.9 Å². The summed E-state index contributed by atoms with van der Waals surface area (Å²) in [6.45, 7) is 1.09. The third-order valence-electron chi connectivity index (χ3n) is 4.23. The normalized spacial score (nSPS) is 17.7. The number of halogens is 1. The summed E-state index contributed by atoms with van der Waals surface area (Å²) < 4.78 is 0. The minimum Gasteiger partial charge on any atom is -0.354 e. The zero-order valence-electron chi connectivity index (χ0n) is 12.0. The third-order valence-corrected chi connectivity index (χ3v) is 4.48. The van der Waals surface area contributed by atoms with Crippen molar-refractivity contribution in [3.8, 4) is 0 Å². The Morgan fingerprint density at radius 3 is 2.45 bits per heavy atom. The maximum Gasteiger partial charge on any atom is 0.233 e. The van der Waals surface area contributed by atoms with E-state index < -0.39 is 0 Å². The molecule has 0 saturated heterocycles. The summed E-state index contributed by atoms with van der Waals surface area (Å²) in [5.74, 6) is 0.0615. The van der Waals surface area contributed by atoms with Crippen LogP contribution in [0.1, 0.15) is 37.7 Å². The van der Waals surface area contributed by atoms with Crippen LogP contribution >= 0.6 is 11.6 Å². The van der Waals surface area contributed by atoms with Gasteiger partial charge in [0.15, 0.2) is 0 Å². The lowest BCUT2D eigenvalue weighted by Gasteiger charge is -2.38. The monoisotopic (exact) mass is 294 g/mol. The maximum atomic E-state index is 11.7. The molecule has 1 saturated carbocycles. The molecular weight excluding hydrogens is 272 g/mol. The van der Waals surface area contributed by atoms with Crippen molar-refractivity contribution in [1.82, 2.24) is 10.6 Å². The van der Waals surface area contributed by atoms with Crippen molar-refractivity contribution in [2.24, 2.45) is 0 Å². The van der Waals surface area contributed by atoms with E-state index in [2.05, 4.69) is 22.8 Å². The summed E-state index contributed by atoms with van der Waals surface area (Å²) in [5.41, 5.74) is 1.37. The van der Waals surface area contributed by atoms with Crippen molar-refractivity contribution >= 4 is 17.5 Å². The van der Waals surface area contributed by atoms with Gasteiger partial charge in [-0.2, -0.15) is 0 Å². The molecule has 2 rings (SSSR count). The van der Waals surface area contributed by atoms with Crippen LogP contribution in [0.3, 0.4) is 0 Å². The minimum atomic E-state index is 0.0615. The molecule has 1 amide bonds. The number of rotatable bonds is 5. The molecule has 1 aliphatic rings. The summed E-state index contributed by atoms with van der Waals surface area (Å²) >= 11 is 5.99.